The van der Waals surface area contributed by atoms with Crippen molar-refractivity contribution in [2.45, 2.75) is 25.8 Å². The first-order valence-electron chi connectivity index (χ1n) is 7.07. The molecule has 1 unspecified atom stereocenters. The Morgan fingerprint density at radius 1 is 1.30 bits per heavy atom. The number of amides is 1. The molecule has 0 aliphatic carbocycles. The standard InChI is InChI=1S/C13H25N3O2.2ClH/c1-11(10-16-6-8-18-9-7-16)15-13(17)12-2-4-14-5-3-12;;/h11-12,14H,2-10H2,1H3,(H,15,17);2*1H. The molecule has 2 heterocycles. The van der Waals surface area contributed by atoms with Gasteiger partial charge in [-0.1, -0.05) is 0 Å². The van der Waals surface area contributed by atoms with Gasteiger partial charge in [-0.15, -0.1) is 24.8 Å². The topological polar surface area (TPSA) is 53.6 Å². The van der Waals surface area contributed by atoms with Crippen molar-refractivity contribution < 1.29 is 9.53 Å². The Morgan fingerprint density at radius 2 is 1.90 bits per heavy atom. The smallest absolute Gasteiger partial charge is 0.223 e. The minimum Gasteiger partial charge on any atom is -0.379 e. The number of carbonyl (C=O) groups is 1. The van der Waals surface area contributed by atoms with Gasteiger partial charge in [0.1, 0.15) is 0 Å². The molecule has 2 N–H and O–H groups in total. The number of carbonyl (C=O) groups excluding carboxylic acids is 1. The van der Waals surface area contributed by atoms with Gasteiger partial charge in [0.2, 0.25) is 5.91 Å². The van der Waals surface area contributed by atoms with Gasteiger partial charge in [0.25, 0.3) is 0 Å². The van der Waals surface area contributed by atoms with Crippen LogP contribution in [0.25, 0.3) is 0 Å². The molecule has 0 bridgehead atoms. The van der Waals surface area contributed by atoms with E-state index in [0.29, 0.717) is 0 Å². The van der Waals surface area contributed by atoms with Crippen LogP contribution in [-0.2, 0) is 9.53 Å². The van der Waals surface area contributed by atoms with Gasteiger partial charge in [-0.05, 0) is 32.9 Å². The number of ether oxygens (including phenoxy) is 1. The molecule has 0 aromatic heterocycles. The fraction of sp³-hybridized carbons (Fsp3) is 0.923. The zero-order valence-electron chi connectivity index (χ0n) is 12.1. The SMILES string of the molecule is CC(CN1CCOCC1)NC(=O)C1CCNCC1.Cl.Cl. The average Bonchev–Trinajstić information content (AvgIpc) is 2.40. The number of nitrogens with zero attached hydrogens (tertiary/aromatic N) is 1. The van der Waals surface area contributed by atoms with Gasteiger partial charge in [0.05, 0.1) is 13.2 Å². The Labute approximate surface area is 134 Å². The molecule has 2 rings (SSSR count). The molecule has 1 atom stereocenters. The molecular weight excluding hydrogens is 301 g/mol. The number of piperidine rings is 1. The van der Waals surface area contributed by atoms with Gasteiger partial charge in [-0.3, -0.25) is 9.69 Å². The van der Waals surface area contributed by atoms with Gasteiger partial charge in [0, 0.05) is 31.6 Å². The van der Waals surface area contributed by atoms with E-state index in [1.165, 1.54) is 0 Å². The summed E-state index contributed by atoms with van der Waals surface area (Å²) in [7, 11) is 0. The monoisotopic (exact) mass is 327 g/mol. The van der Waals surface area contributed by atoms with Gasteiger partial charge >= 0.3 is 0 Å². The third-order valence-electron chi connectivity index (χ3n) is 3.73. The third-order valence-corrected chi connectivity index (χ3v) is 3.73. The van der Waals surface area contributed by atoms with E-state index < -0.39 is 0 Å². The van der Waals surface area contributed by atoms with Crippen molar-refractivity contribution in [2.24, 2.45) is 5.92 Å². The minimum absolute atomic E-state index is 0. The van der Waals surface area contributed by atoms with Crippen LogP contribution in [-0.4, -0.2) is 62.8 Å². The molecule has 2 aliphatic heterocycles. The van der Waals surface area contributed by atoms with Crippen LogP contribution in [0.4, 0.5) is 0 Å². The molecule has 2 aliphatic rings. The molecule has 0 spiro atoms. The first kappa shape index (κ1) is 19.9. The molecule has 2 saturated heterocycles. The lowest BCUT2D eigenvalue weighted by atomic mass is 9.97. The molecule has 7 heteroatoms. The summed E-state index contributed by atoms with van der Waals surface area (Å²) >= 11 is 0. The maximum Gasteiger partial charge on any atom is 0.223 e. The number of nitrogens with one attached hydrogen (secondary N) is 2. The van der Waals surface area contributed by atoms with Gasteiger partial charge in [0.15, 0.2) is 0 Å². The maximum absolute atomic E-state index is 12.1. The van der Waals surface area contributed by atoms with E-state index in [4.69, 9.17) is 4.74 Å². The molecule has 0 saturated carbocycles. The first-order valence-corrected chi connectivity index (χ1v) is 7.07. The Morgan fingerprint density at radius 3 is 2.50 bits per heavy atom. The molecule has 2 fully saturated rings. The maximum atomic E-state index is 12.1. The highest BCUT2D eigenvalue weighted by Crippen LogP contribution is 2.11. The van der Waals surface area contributed by atoms with Crippen molar-refractivity contribution in [3.8, 4) is 0 Å². The zero-order valence-corrected chi connectivity index (χ0v) is 13.7. The lowest BCUT2D eigenvalue weighted by Crippen LogP contribution is -2.48. The molecule has 0 radical (unpaired) electrons. The molecule has 5 nitrogen and oxygen atoms in total. The Balaban J connectivity index is 0.00000180. The summed E-state index contributed by atoms with van der Waals surface area (Å²) in [6, 6.07) is 0.227. The lowest BCUT2D eigenvalue weighted by Gasteiger charge is -2.30. The molecule has 20 heavy (non-hydrogen) atoms. The van der Waals surface area contributed by atoms with E-state index in [0.717, 1.165) is 58.8 Å². The van der Waals surface area contributed by atoms with Crippen molar-refractivity contribution >= 4 is 30.7 Å². The van der Waals surface area contributed by atoms with E-state index >= 15 is 0 Å². The summed E-state index contributed by atoms with van der Waals surface area (Å²) < 4.78 is 5.32. The number of hydrogen-bond acceptors (Lipinski definition) is 4. The van der Waals surface area contributed by atoms with E-state index in [2.05, 4.69) is 22.5 Å². The summed E-state index contributed by atoms with van der Waals surface area (Å²) in [5.74, 6) is 0.440. The largest absolute Gasteiger partial charge is 0.379 e. The van der Waals surface area contributed by atoms with Crippen molar-refractivity contribution in [1.82, 2.24) is 15.5 Å². The molecular formula is C13H27Cl2N3O2. The van der Waals surface area contributed by atoms with E-state index in [9.17, 15) is 4.79 Å². The van der Waals surface area contributed by atoms with E-state index in [-0.39, 0.29) is 42.7 Å². The first-order chi connectivity index (χ1) is 8.75. The number of morpholine rings is 1. The predicted molar refractivity (Wildman–Crippen MR) is 85.0 cm³/mol. The highest BCUT2D eigenvalue weighted by atomic mass is 35.5. The number of rotatable bonds is 4. The molecule has 1 amide bonds. The third kappa shape index (κ3) is 6.59. The zero-order chi connectivity index (χ0) is 12.8. The number of halogens is 2. The fourth-order valence-corrected chi connectivity index (χ4v) is 2.66. The highest BCUT2D eigenvalue weighted by Gasteiger charge is 2.22. The van der Waals surface area contributed by atoms with Gasteiger partial charge < -0.3 is 15.4 Å². The quantitative estimate of drug-likeness (QED) is 0.796. The minimum atomic E-state index is 0. The number of hydrogen-bond donors (Lipinski definition) is 2. The fourth-order valence-electron chi connectivity index (χ4n) is 2.66. The summed E-state index contributed by atoms with van der Waals surface area (Å²) in [5.41, 5.74) is 0. The Kier molecular flexibility index (Phi) is 10.6. The van der Waals surface area contributed by atoms with Crippen LogP contribution in [0.1, 0.15) is 19.8 Å². The second-order valence-electron chi connectivity index (χ2n) is 5.35. The van der Waals surface area contributed by atoms with Crippen LogP contribution in [0, 0.1) is 5.92 Å². The van der Waals surface area contributed by atoms with E-state index in [1.54, 1.807) is 0 Å². The summed E-state index contributed by atoms with van der Waals surface area (Å²) in [6.45, 7) is 8.55. The van der Waals surface area contributed by atoms with Crippen molar-refractivity contribution in [1.29, 1.82) is 0 Å². The van der Waals surface area contributed by atoms with Crippen LogP contribution in [0.15, 0.2) is 0 Å². The average molecular weight is 328 g/mol. The second-order valence-corrected chi connectivity index (χ2v) is 5.35. The Hall–Kier alpha value is -0.0700. The van der Waals surface area contributed by atoms with Crippen LogP contribution in [0.3, 0.4) is 0 Å². The highest BCUT2D eigenvalue weighted by molar-refractivity contribution is 5.85. The molecule has 120 valence electrons. The van der Waals surface area contributed by atoms with Crippen LogP contribution >= 0.6 is 24.8 Å². The summed E-state index contributed by atoms with van der Waals surface area (Å²) in [6.07, 6.45) is 1.94. The lowest BCUT2D eigenvalue weighted by molar-refractivity contribution is -0.126. The van der Waals surface area contributed by atoms with Crippen molar-refractivity contribution in [3.05, 3.63) is 0 Å². The van der Waals surface area contributed by atoms with Gasteiger partial charge in [-0.25, -0.2) is 0 Å². The molecule has 0 aromatic rings. The van der Waals surface area contributed by atoms with Crippen LogP contribution in [0.2, 0.25) is 0 Å². The summed E-state index contributed by atoms with van der Waals surface area (Å²) in [4.78, 5) is 14.4. The van der Waals surface area contributed by atoms with Crippen LogP contribution < -0.4 is 10.6 Å². The van der Waals surface area contributed by atoms with E-state index in [1.807, 2.05) is 0 Å². The van der Waals surface area contributed by atoms with Crippen LogP contribution in [0.5, 0.6) is 0 Å². The van der Waals surface area contributed by atoms with Gasteiger partial charge in [-0.2, -0.15) is 0 Å². The molecule has 0 aromatic carbocycles. The predicted octanol–water partition coefficient (Wildman–Crippen LogP) is 0.666. The van der Waals surface area contributed by atoms with Crippen molar-refractivity contribution in [3.63, 3.8) is 0 Å². The Bertz CT molecular complexity index is 270. The normalized spacial score (nSPS) is 22.2. The van der Waals surface area contributed by atoms with Crippen molar-refractivity contribution in [2.75, 3.05) is 45.9 Å². The second kappa shape index (κ2) is 10.6. The summed E-state index contributed by atoms with van der Waals surface area (Å²) in [5, 5.41) is 6.43.